The van der Waals surface area contributed by atoms with Crippen molar-refractivity contribution in [3.63, 3.8) is 0 Å². The lowest BCUT2D eigenvalue weighted by Crippen LogP contribution is -2.34. The van der Waals surface area contributed by atoms with Gasteiger partial charge < -0.3 is 15.8 Å². The Kier molecular flexibility index (Phi) is 5.46. The average molecular weight is 188 g/mol. The minimum absolute atomic E-state index is 0.0908. The van der Waals surface area contributed by atoms with Crippen LogP contribution in [0.15, 0.2) is 0 Å². The van der Waals surface area contributed by atoms with E-state index in [9.17, 15) is 4.79 Å². The van der Waals surface area contributed by atoms with Gasteiger partial charge in [0.2, 0.25) is 0 Å². The molecule has 13 heavy (non-hydrogen) atoms. The summed E-state index contributed by atoms with van der Waals surface area (Å²) in [6.07, 6.45) is 1.62. The highest BCUT2D eigenvalue weighted by atomic mass is 16.5. The third-order valence-corrected chi connectivity index (χ3v) is 1.95. The molecule has 0 spiro atoms. The molecule has 0 saturated carbocycles. The molecular formula is C9H20N2O2. The molecule has 0 rings (SSSR count). The van der Waals surface area contributed by atoms with Crippen LogP contribution in [0.5, 0.6) is 0 Å². The molecule has 0 aliphatic rings. The summed E-state index contributed by atoms with van der Waals surface area (Å²) in [7, 11) is 1.36. The molecule has 0 atom stereocenters. The SMILES string of the molecule is COC(=O)NCC(C)(C)CCCN. The first-order chi connectivity index (χ1) is 6.02. The van der Waals surface area contributed by atoms with Gasteiger partial charge in [-0.3, -0.25) is 0 Å². The van der Waals surface area contributed by atoms with Crippen molar-refractivity contribution in [1.82, 2.24) is 5.32 Å². The molecule has 0 unspecified atom stereocenters. The van der Waals surface area contributed by atoms with E-state index >= 15 is 0 Å². The highest BCUT2D eigenvalue weighted by molar-refractivity contribution is 5.66. The molecule has 0 aliphatic heterocycles. The Labute approximate surface area is 79.8 Å². The number of hydrogen-bond donors (Lipinski definition) is 2. The molecule has 3 N–H and O–H groups in total. The van der Waals surface area contributed by atoms with Crippen molar-refractivity contribution in [2.24, 2.45) is 11.1 Å². The van der Waals surface area contributed by atoms with Crippen molar-refractivity contribution in [3.8, 4) is 0 Å². The topological polar surface area (TPSA) is 64.3 Å². The van der Waals surface area contributed by atoms with Gasteiger partial charge in [0.1, 0.15) is 0 Å². The van der Waals surface area contributed by atoms with Crippen LogP contribution in [-0.2, 0) is 4.74 Å². The largest absolute Gasteiger partial charge is 0.453 e. The van der Waals surface area contributed by atoms with Gasteiger partial charge >= 0.3 is 6.09 Å². The smallest absolute Gasteiger partial charge is 0.406 e. The van der Waals surface area contributed by atoms with E-state index in [2.05, 4.69) is 23.9 Å². The summed E-state index contributed by atoms with van der Waals surface area (Å²) in [5.74, 6) is 0. The summed E-state index contributed by atoms with van der Waals surface area (Å²) in [5, 5.41) is 2.68. The molecule has 0 aromatic carbocycles. The van der Waals surface area contributed by atoms with Crippen LogP contribution < -0.4 is 11.1 Å². The lowest BCUT2D eigenvalue weighted by molar-refractivity contribution is 0.164. The van der Waals surface area contributed by atoms with Gasteiger partial charge in [0.15, 0.2) is 0 Å². The highest BCUT2D eigenvalue weighted by Gasteiger charge is 2.17. The van der Waals surface area contributed by atoms with E-state index in [0.717, 1.165) is 12.8 Å². The maximum atomic E-state index is 10.8. The number of carbonyl (C=O) groups is 1. The molecule has 0 fully saturated rings. The van der Waals surface area contributed by atoms with E-state index in [-0.39, 0.29) is 11.5 Å². The van der Waals surface area contributed by atoms with Gasteiger partial charge in [-0.25, -0.2) is 4.79 Å². The van der Waals surface area contributed by atoms with Crippen molar-refractivity contribution in [2.45, 2.75) is 26.7 Å². The van der Waals surface area contributed by atoms with Gasteiger partial charge in [0.05, 0.1) is 7.11 Å². The first kappa shape index (κ1) is 12.2. The minimum atomic E-state index is -0.374. The van der Waals surface area contributed by atoms with Crippen LogP contribution in [0.25, 0.3) is 0 Å². The van der Waals surface area contributed by atoms with Crippen molar-refractivity contribution in [2.75, 3.05) is 20.2 Å². The van der Waals surface area contributed by atoms with Crippen LogP contribution in [0.2, 0.25) is 0 Å². The van der Waals surface area contributed by atoms with Crippen molar-refractivity contribution in [3.05, 3.63) is 0 Å². The van der Waals surface area contributed by atoms with E-state index in [1.54, 1.807) is 0 Å². The van der Waals surface area contributed by atoms with Gasteiger partial charge in [0.25, 0.3) is 0 Å². The summed E-state index contributed by atoms with van der Waals surface area (Å²) in [6.45, 7) is 5.51. The van der Waals surface area contributed by atoms with Gasteiger partial charge in [-0.15, -0.1) is 0 Å². The zero-order valence-corrected chi connectivity index (χ0v) is 8.72. The quantitative estimate of drug-likeness (QED) is 0.679. The third kappa shape index (κ3) is 6.40. The summed E-state index contributed by atoms with van der Waals surface area (Å²) in [5.41, 5.74) is 5.50. The maximum Gasteiger partial charge on any atom is 0.406 e. The molecule has 0 aromatic heterocycles. The molecular weight excluding hydrogens is 168 g/mol. The highest BCUT2D eigenvalue weighted by Crippen LogP contribution is 2.20. The van der Waals surface area contributed by atoms with Crippen molar-refractivity contribution < 1.29 is 9.53 Å². The molecule has 0 radical (unpaired) electrons. The van der Waals surface area contributed by atoms with E-state index in [4.69, 9.17) is 5.73 Å². The number of rotatable bonds is 5. The zero-order valence-electron chi connectivity index (χ0n) is 8.72. The summed E-state index contributed by atoms with van der Waals surface area (Å²) in [4.78, 5) is 10.8. The normalized spacial score (nSPS) is 11.1. The Balaban J connectivity index is 3.67. The van der Waals surface area contributed by atoms with Crippen LogP contribution in [0.3, 0.4) is 0 Å². The van der Waals surface area contributed by atoms with Gasteiger partial charge in [-0.2, -0.15) is 0 Å². The van der Waals surface area contributed by atoms with Gasteiger partial charge in [-0.1, -0.05) is 13.8 Å². The zero-order chi connectivity index (χ0) is 10.3. The van der Waals surface area contributed by atoms with Gasteiger partial charge in [0, 0.05) is 6.54 Å². The van der Waals surface area contributed by atoms with E-state index < -0.39 is 0 Å². The lowest BCUT2D eigenvalue weighted by Gasteiger charge is -2.24. The van der Waals surface area contributed by atoms with E-state index in [1.807, 2.05) is 0 Å². The molecule has 4 nitrogen and oxygen atoms in total. The van der Waals surface area contributed by atoms with Crippen LogP contribution in [0.1, 0.15) is 26.7 Å². The fourth-order valence-corrected chi connectivity index (χ4v) is 1.05. The van der Waals surface area contributed by atoms with Gasteiger partial charge in [-0.05, 0) is 24.8 Å². The second kappa shape index (κ2) is 5.80. The predicted molar refractivity (Wildman–Crippen MR) is 52.5 cm³/mol. The number of ether oxygens (including phenoxy) is 1. The monoisotopic (exact) mass is 188 g/mol. The summed E-state index contributed by atoms with van der Waals surface area (Å²) >= 11 is 0. The lowest BCUT2D eigenvalue weighted by atomic mass is 9.88. The third-order valence-electron chi connectivity index (χ3n) is 1.95. The predicted octanol–water partition coefficient (Wildman–Crippen LogP) is 1.11. The van der Waals surface area contributed by atoms with Crippen LogP contribution in [0.4, 0.5) is 4.79 Å². The summed E-state index contributed by atoms with van der Waals surface area (Å²) < 4.78 is 4.48. The first-order valence-electron chi connectivity index (χ1n) is 4.54. The molecule has 1 amide bonds. The molecule has 0 aromatic rings. The maximum absolute atomic E-state index is 10.8. The van der Waals surface area contributed by atoms with Crippen molar-refractivity contribution in [1.29, 1.82) is 0 Å². The molecule has 0 saturated heterocycles. The number of amides is 1. The van der Waals surface area contributed by atoms with Crippen LogP contribution >= 0.6 is 0 Å². The Morgan fingerprint density at radius 2 is 2.15 bits per heavy atom. The minimum Gasteiger partial charge on any atom is -0.453 e. The number of hydrogen-bond acceptors (Lipinski definition) is 3. The molecule has 4 heteroatoms. The first-order valence-corrected chi connectivity index (χ1v) is 4.54. The molecule has 0 aliphatic carbocycles. The Morgan fingerprint density at radius 1 is 1.54 bits per heavy atom. The van der Waals surface area contributed by atoms with Crippen LogP contribution in [-0.4, -0.2) is 26.3 Å². The fraction of sp³-hybridized carbons (Fsp3) is 0.889. The average Bonchev–Trinajstić information content (AvgIpc) is 2.11. The second-order valence-electron chi connectivity index (χ2n) is 3.90. The number of alkyl carbamates (subject to hydrolysis) is 1. The number of methoxy groups -OCH3 is 1. The van der Waals surface area contributed by atoms with Crippen molar-refractivity contribution >= 4 is 6.09 Å². The molecule has 0 heterocycles. The van der Waals surface area contributed by atoms with Crippen LogP contribution in [0, 0.1) is 5.41 Å². The Bertz CT molecular complexity index is 158. The second-order valence-corrected chi connectivity index (χ2v) is 3.90. The number of carbonyl (C=O) groups excluding carboxylic acids is 1. The Hall–Kier alpha value is -0.770. The number of nitrogens with two attached hydrogens (primary N) is 1. The van der Waals surface area contributed by atoms with E-state index in [0.29, 0.717) is 13.1 Å². The molecule has 0 bridgehead atoms. The van der Waals surface area contributed by atoms with E-state index in [1.165, 1.54) is 7.11 Å². The summed E-state index contributed by atoms with van der Waals surface area (Å²) in [6, 6.07) is 0. The molecule has 78 valence electrons. The Morgan fingerprint density at radius 3 is 2.62 bits per heavy atom. The number of nitrogens with one attached hydrogen (secondary N) is 1. The fourth-order valence-electron chi connectivity index (χ4n) is 1.05. The standard InChI is InChI=1S/C9H20N2O2/c1-9(2,5-4-6-10)7-11-8(12)13-3/h4-7,10H2,1-3H3,(H,11,12).